The summed E-state index contributed by atoms with van der Waals surface area (Å²) in [7, 11) is 0. The molecule has 28 heavy (non-hydrogen) atoms. The summed E-state index contributed by atoms with van der Waals surface area (Å²) in [6, 6.07) is 15.1. The number of unbranched alkanes of at least 4 members (excludes halogenated alkanes) is 2. The molecule has 0 spiro atoms. The van der Waals surface area contributed by atoms with Gasteiger partial charge in [-0.25, -0.2) is 5.48 Å². The van der Waals surface area contributed by atoms with Crippen molar-refractivity contribution in [3.8, 4) is 0 Å². The lowest BCUT2D eigenvalue weighted by molar-refractivity contribution is -0.129. The van der Waals surface area contributed by atoms with E-state index in [-0.39, 0.29) is 5.91 Å². The molecule has 154 valence electrons. The minimum atomic E-state index is -0.301. The van der Waals surface area contributed by atoms with E-state index >= 15 is 0 Å². The zero-order valence-electron chi connectivity index (χ0n) is 17.0. The predicted molar refractivity (Wildman–Crippen MR) is 114 cm³/mol. The summed E-state index contributed by atoms with van der Waals surface area (Å²) in [5.41, 5.74) is 3.09. The molecule has 1 amide bonds. The Morgan fingerprint density at radius 2 is 1.79 bits per heavy atom. The third-order valence-corrected chi connectivity index (χ3v) is 5.05. The molecular formula is C23H34N2O3. The van der Waals surface area contributed by atoms with E-state index in [0.29, 0.717) is 6.42 Å². The molecule has 0 bridgehead atoms. The van der Waals surface area contributed by atoms with E-state index in [1.54, 1.807) is 5.48 Å². The van der Waals surface area contributed by atoms with E-state index in [1.165, 1.54) is 16.3 Å². The summed E-state index contributed by atoms with van der Waals surface area (Å²) in [6.07, 6.45) is 5.31. The van der Waals surface area contributed by atoms with Crippen molar-refractivity contribution in [2.75, 3.05) is 32.8 Å². The second kappa shape index (κ2) is 13.3. The highest BCUT2D eigenvalue weighted by Crippen LogP contribution is 2.19. The van der Waals surface area contributed by atoms with Crippen molar-refractivity contribution in [3.05, 3.63) is 48.0 Å². The molecule has 0 fully saturated rings. The molecule has 5 nitrogen and oxygen atoms in total. The van der Waals surface area contributed by atoms with Crippen molar-refractivity contribution >= 4 is 16.7 Å². The largest absolute Gasteiger partial charge is 0.382 e. The molecular weight excluding hydrogens is 352 g/mol. The van der Waals surface area contributed by atoms with E-state index in [1.807, 2.05) is 6.92 Å². The van der Waals surface area contributed by atoms with Crippen LogP contribution in [-0.4, -0.2) is 48.9 Å². The Morgan fingerprint density at radius 1 is 1.00 bits per heavy atom. The van der Waals surface area contributed by atoms with Gasteiger partial charge in [0.2, 0.25) is 5.91 Å². The first kappa shape index (κ1) is 22.3. The van der Waals surface area contributed by atoms with Gasteiger partial charge in [-0.1, -0.05) is 48.9 Å². The van der Waals surface area contributed by atoms with Crippen LogP contribution in [0.3, 0.4) is 0 Å². The highest BCUT2D eigenvalue weighted by Gasteiger charge is 2.08. The van der Waals surface area contributed by atoms with Crippen molar-refractivity contribution in [2.45, 2.75) is 45.4 Å². The number of amides is 1. The number of nitrogens with one attached hydrogen (secondary N) is 1. The van der Waals surface area contributed by atoms with Crippen molar-refractivity contribution in [2.24, 2.45) is 0 Å². The molecule has 0 aromatic heterocycles. The molecule has 0 saturated heterocycles. The molecule has 2 N–H and O–H groups in total. The highest BCUT2D eigenvalue weighted by molar-refractivity contribution is 5.85. The van der Waals surface area contributed by atoms with Crippen molar-refractivity contribution < 1.29 is 14.7 Å². The zero-order chi connectivity index (χ0) is 20.0. The van der Waals surface area contributed by atoms with Gasteiger partial charge in [0.05, 0.1) is 0 Å². The van der Waals surface area contributed by atoms with Crippen molar-refractivity contribution in [3.63, 3.8) is 0 Å². The third kappa shape index (κ3) is 7.97. The lowest BCUT2D eigenvalue weighted by Gasteiger charge is -2.23. The number of rotatable bonds is 14. The Hall–Kier alpha value is -1.95. The van der Waals surface area contributed by atoms with Crippen LogP contribution in [0.15, 0.2) is 42.5 Å². The molecule has 2 rings (SSSR count). The van der Waals surface area contributed by atoms with Gasteiger partial charge in [0.15, 0.2) is 0 Å². The van der Waals surface area contributed by atoms with Crippen LogP contribution in [0.2, 0.25) is 0 Å². The molecule has 0 saturated carbocycles. The number of fused-ring (bicyclic) bond motifs is 1. The van der Waals surface area contributed by atoms with E-state index in [9.17, 15) is 4.79 Å². The Balaban J connectivity index is 1.84. The lowest BCUT2D eigenvalue weighted by Crippen LogP contribution is -2.29. The molecule has 2 aromatic rings. The van der Waals surface area contributed by atoms with Gasteiger partial charge in [-0.15, -0.1) is 0 Å². The van der Waals surface area contributed by atoms with Crippen LogP contribution in [0.4, 0.5) is 0 Å². The minimum absolute atomic E-state index is 0.301. The fourth-order valence-electron chi connectivity index (χ4n) is 3.51. The second-order valence-corrected chi connectivity index (χ2v) is 7.13. The maximum absolute atomic E-state index is 11.1. The topological polar surface area (TPSA) is 61.8 Å². The Kier molecular flexibility index (Phi) is 10.6. The molecule has 0 atom stereocenters. The molecule has 0 unspecified atom stereocenters. The average Bonchev–Trinajstić information content (AvgIpc) is 2.73. The Morgan fingerprint density at radius 3 is 2.61 bits per heavy atom. The fraction of sp³-hybridized carbons (Fsp3) is 0.522. The summed E-state index contributed by atoms with van der Waals surface area (Å²) < 4.78 is 5.49. The van der Waals surface area contributed by atoms with Crippen LogP contribution < -0.4 is 5.48 Å². The maximum atomic E-state index is 11.1. The van der Waals surface area contributed by atoms with Gasteiger partial charge in [0.25, 0.3) is 0 Å². The first-order chi connectivity index (χ1) is 13.7. The highest BCUT2D eigenvalue weighted by atomic mass is 16.5. The van der Waals surface area contributed by atoms with Crippen molar-refractivity contribution in [1.29, 1.82) is 0 Å². The molecule has 5 heteroatoms. The van der Waals surface area contributed by atoms with E-state index in [0.717, 1.165) is 65.0 Å². The van der Waals surface area contributed by atoms with Gasteiger partial charge in [-0.2, -0.15) is 0 Å². The summed E-state index contributed by atoms with van der Waals surface area (Å²) in [4.78, 5) is 13.6. The number of hydrogen-bond acceptors (Lipinski definition) is 4. The van der Waals surface area contributed by atoms with E-state index in [2.05, 4.69) is 47.4 Å². The van der Waals surface area contributed by atoms with Crippen LogP contribution in [0.5, 0.6) is 0 Å². The lowest BCUT2D eigenvalue weighted by atomic mass is 10.0. The van der Waals surface area contributed by atoms with E-state index < -0.39 is 0 Å². The average molecular weight is 387 g/mol. The number of carbonyl (C=O) groups is 1. The quantitative estimate of drug-likeness (QED) is 0.290. The smallest absolute Gasteiger partial charge is 0.243 e. The van der Waals surface area contributed by atoms with Crippen LogP contribution >= 0.6 is 0 Å². The van der Waals surface area contributed by atoms with Crippen LogP contribution in [-0.2, 0) is 16.0 Å². The monoisotopic (exact) mass is 386 g/mol. The molecule has 0 radical (unpaired) electrons. The van der Waals surface area contributed by atoms with E-state index in [4.69, 9.17) is 9.94 Å². The van der Waals surface area contributed by atoms with Gasteiger partial charge in [-0.3, -0.25) is 10.0 Å². The summed E-state index contributed by atoms with van der Waals surface area (Å²) in [6.45, 7) is 6.68. The number of hydrogen-bond donors (Lipinski definition) is 2. The summed E-state index contributed by atoms with van der Waals surface area (Å²) >= 11 is 0. The molecule has 0 aliphatic heterocycles. The Bertz CT molecular complexity index is 700. The standard InChI is InChI=1S/C23H34N2O3/c1-2-28-19-9-17-25(16-7-3-4-14-23(26)24-27)18-15-21-12-8-11-20-10-5-6-13-22(20)21/h5-6,8,10-13,27H,2-4,7,9,14-19H2,1H3,(H,24,26). The number of hydroxylamine groups is 1. The van der Waals surface area contributed by atoms with Gasteiger partial charge in [-0.05, 0) is 55.5 Å². The number of benzene rings is 2. The second-order valence-electron chi connectivity index (χ2n) is 7.13. The number of ether oxygens (including phenoxy) is 1. The van der Waals surface area contributed by atoms with Crippen LogP contribution in [0.1, 0.15) is 44.6 Å². The van der Waals surface area contributed by atoms with Crippen LogP contribution in [0, 0.1) is 0 Å². The van der Waals surface area contributed by atoms with Gasteiger partial charge < -0.3 is 9.64 Å². The SMILES string of the molecule is CCOCCCN(CCCCCC(=O)NO)CCc1cccc2ccccc12. The molecule has 0 aliphatic carbocycles. The predicted octanol–water partition coefficient (Wildman–Crippen LogP) is 4.18. The van der Waals surface area contributed by atoms with Gasteiger partial charge in [0.1, 0.15) is 0 Å². The number of carbonyl (C=O) groups excluding carboxylic acids is 1. The fourth-order valence-corrected chi connectivity index (χ4v) is 3.51. The molecule has 2 aromatic carbocycles. The molecule has 0 aliphatic rings. The molecule has 0 heterocycles. The number of nitrogens with zero attached hydrogens (tertiary/aromatic N) is 1. The normalized spacial score (nSPS) is 11.2. The van der Waals surface area contributed by atoms with Crippen molar-refractivity contribution in [1.82, 2.24) is 10.4 Å². The summed E-state index contributed by atoms with van der Waals surface area (Å²) in [5, 5.41) is 11.2. The van der Waals surface area contributed by atoms with Gasteiger partial charge in [0, 0.05) is 32.7 Å². The first-order valence-corrected chi connectivity index (χ1v) is 10.4. The zero-order valence-corrected chi connectivity index (χ0v) is 17.0. The maximum Gasteiger partial charge on any atom is 0.243 e. The van der Waals surface area contributed by atoms with Gasteiger partial charge >= 0.3 is 0 Å². The minimum Gasteiger partial charge on any atom is -0.382 e. The third-order valence-electron chi connectivity index (χ3n) is 5.05. The van der Waals surface area contributed by atoms with Crippen LogP contribution in [0.25, 0.3) is 10.8 Å². The summed E-state index contributed by atoms with van der Waals surface area (Å²) in [5.74, 6) is -0.301. The Labute approximate surface area is 168 Å². The first-order valence-electron chi connectivity index (χ1n) is 10.4.